The Bertz CT molecular complexity index is 737. The smallest absolute Gasteiger partial charge is 0.222 e. The Labute approximate surface area is 120 Å². The summed E-state index contributed by atoms with van der Waals surface area (Å²) in [4.78, 5) is 14.2. The number of benzene rings is 1. The fourth-order valence-corrected chi connectivity index (χ4v) is 2.78. The molecule has 3 aromatic rings. The zero-order chi connectivity index (χ0) is 13.9. The van der Waals surface area contributed by atoms with Crippen LogP contribution in [-0.2, 0) is 13.0 Å². The van der Waals surface area contributed by atoms with Crippen LogP contribution in [0, 0.1) is 0 Å². The molecule has 0 aliphatic heterocycles. The minimum absolute atomic E-state index is 0.277. The number of aryl methyl sites for hydroxylation is 1. The predicted molar refractivity (Wildman–Crippen MR) is 82.8 cm³/mol. The summed E-state index contributed by atoms with van der Waals surface area (Å²) in [6, 6.07) is 7.81. The molecule has 0 unspecified atom stereocenters. The van der Waals surface area contributed by atoms with Crippen LogP contribution in [0.3, 0.4) is 0 Å². The van der Waals surface area contributed by atoms with Gasteiger partial charge >= 0.3 is 0 Å². The number of thiazole rings is 1. The van der Waals surface area contributed by atoms with Gasteiger partial charge in [0.2, 0.25) is 5.95 Å². The molecule has 20 heavy (non-hydrogen) atoms. The van der Waals surface area contributed by atoms with Gasteiger partial charge in [-0.1, -0.05) is 19.1 Å². The minimum Gasteiger partial charge on any atom is -0.368 e. The lowest BCUT2D eigenvalue weighted by Gasteiger charge is -2.07. The summed E-state index contributed by atoms with van der Waals surface area (Å²) in [5.41, 5.74) is 6.59. The van der Waals surface area contributed by atoms with E-state index >= 15 is 0 Å². The van der Waals surface area contributed by atoms with Crippen molar-refractivity contribution in [3.05, 3.63) is 40.3 Å². The minimum atomic E-state index is 0.277. The third-order valence-electron chi connectivity index (χ3n) is 2.98. The summed E-state index contributed by atoms with van der Waals surface area (Å²) in [6.07, 6.45) is 2.94. The number of rotatable bonds is 4. The Balaban J connectivity index is 1.86. The van der Waals surface area contributed by atoms with Crippen LogP contribution in [0.15, 0.2) is 30.5 Å². The van der Waals surface area contributed by atoms with Gasteiger partial charge in [0, 0.05) is 16.5 Å². The van der Waals surface area contributed by atoms with E-state index in [1.807, 2.05) is 30.5 Å². The van der Waals surface area contributed by atoms with Crippen molar-refractivity contribution in [2.24, 2.45) is 0 Å². The van der Waals surface area contributed by atoms with Crippen LogP contribution < -0.4 is 11.1 Å². The Morgan fingerprint density at radius 3 is 2.90 bits per heavy atom. The number of nitrogens with two attached hydrogens (primary N) is 1. The van der Waals surface area contributed by atoms with Gasteiger partial charge in [0.25, 0.3) is 0 Å². The first-order chi connectivity index (χ1) is 9.76. The molecule has 6 heteroatoms. The second-order valence-corrected chi connectivity index (χ2v) is 5.57. The van der Waals surface area contributed by atoms with Gasteiger partial charge in [-0.3, -0.25) is 0 Å². The van der Waals surface area contributed by atoms with Crippen LogP contribution in [0.2, 0.25) is 0 Å². The Kier molecular flexibility index (Phi) is 3.47. The summed E-state index contributed by atoms with van der Waals surface area (Å²) in [6.45, 7) is 2.77. The molecular weight excluding hydrogens is 270 g/mol. The fraction of sp³-hybridized carbons (Fsp3) is 0.214. The van der Waals surface area contributed by atoms with Gasteiger partial charge in [0.1, 0.15) is 10.8 Å². The number of fused-ring (bicyclic) bond motifs is 1. The highest BCUT2D eigenvalue weighted by Gasteiger charge is 2.06. The number of para-hydroxylation sites is 1. The quantitative estimate of drug-likeness (QED) is 0.771. The number of nitrogens with zero attached hydrogens (tertiary/aromatic N) is 3. The summed E-state index contributed by atoms with van der Waals surface area (Å²) in [5, 5.41) is 5.31. The van der Waals surface area contributed by atoms with Gasteiger partial charge in [-0.25, -0.2) is 9.97 Å². The summed E-state index contributed by atoms with van der Waals surface area (Å²) < 4.78 is 0. The monoisotopic (exact) mass is 285 g/mol. The first kappa shape index (κ1) is 12.8. The molecule has 0 bridgehead atoms. The maximum Gasteiger partial charge on any atom is 0.222 e. The standard InChI is InChI=1S/C14H15N5S/c1-2-9-7-16-12(20-9)8-17-13-10-5-3-4-6-11(10)18-14(15)19-13/h3-7H,2,8H2,1H3,(H3,15,17,18,19). The van der Waals surface area contributed by atoms with E-state index in [0.717, 1.165) is 28.1 Å². The van der Waals surface area contributed by atoms with Crippen LogP contribution in [0.4, 0.5) is 11.8 Å². The van der Waals surface area contributed by atoms with E-state index < -0.39 is 0 Å². The molecule has 3 N–H and O–H groups in total. The van der Waals surface area contributed by atoms with E-state index in [2.05, 4.69) is 27.2 Å². The fourth-order valence-electron chi connectivity index (χ4n) is 1.98. The molecule has 0 amide bonds. The van der Waals surface area contributed by atoms with Crippen LogP contribution in [0.25, 0.3) is 10.9 Å². The highest BCUT2D eigenvalue weighted by Crippen LogP contribution is 2.22. The molecule has 0 spiro atoms. The topological polar surface area (TPSA) is 76.7 Å². The summed E-state index contributed by atoms with van der Waals surface area (Å²) in [7, 11) is 0. The summed E-state index contributed by atoms with van der Waals surface area (Å²) in [5.74, 6) is 1.03. The molecule has 0 aliphatic rings. The van der Waals surface area contributed by atoms with Gasteiger partial charge in [0.05, 0.1) is 12.1 Å². The lowest BCUT2D eigenvalue weighted by molar-refractivity contribution is 1.07. The van der Waals surface area contributed by atoms with Crippen molar-refractivity contribution < 1.29 is 0 Å². The Hall–Kier alpha value is -2.21. The molecule has 5 nitrogen and oxygen atoms in total. The van der Waals surface area contributed by atoms with Crippen molar-refractivity contribution in [3.63, 3.8) is 0 Å². The third kappa shape index (κ3) is 2.55. The van der Waals surface area contributed by atoms with Crippen molar-refractivity contribution in [1.29, 1.82) is 0 Å². The molecule has 0 saturated carbocycles. The van der Waals surface area contributed by atoms with Gasteiger partial charge in [0.15, 0.2) is 0 Å². The molecule has 0 radical (unpaired) electrons. The zero-order valence-electron chi connectivity index (χ0n) is 11.1. The third-order valence-corrected chi connectivity index (χ3v) is 4.12. The number of aromatic nitrogens is 3. The van der Waals surface area contributed by atoms with E-state index in [4.69, 9.17) is 5.73 Å². The van der Waals surface area contributed by atoms with Gasteiger partial charge in [-0.2, -0.15) is 4.98 Å². The molecule has 102 valence electrons. The maximum atomic E-state index is 5.74. The average molecular weight is 285 g/mol. The Morgan fingerprint density at radius 2 is 2.10 bits per heavy atom. The maximum absolute atomic E-state index is 5.74. The van der Waals surface area contributed by atoms with Crippen LogP contribution in [-0.4, -0.2) is 15.0 Å². The number of anilines is 2. The first-order valence-corrected chi connectivity index (χ1v) is 7.27. The van der Waals surface area contributed by atoms with Crippen LogP contribution in [0.5, 0.6) is 0 Å². The van der Waals surface area contributed by atoms with E-state index in [1.165, 1.54) is 4.88 Å². The van der Waals surface area contributed by atoms with Crippen molar-refractivity contribution in [2.75, 3.05) is 11.1 Å². The normalized spacial score (nSPS) is 10.8. The predicted octanol–water partition coefficient (Wildman–Crippen LogP) is 2.84. The van der Waals surface area contributed by atoms with E-state index in [-0.39, 0.29) is 5.95 Å². The van der Waals surface area contributed by atoms with Crippen molar-refractivity contribution in [3.8, 4) is 0 Å². The molecule has 3 rings (SSSR count). The molecule has 0 atom stereocenters. The SMILES string of the molecule is CCc1cnc(CNc2nc(N)nc3ccccc23)s1. The van der Waals surface area contributed by atoms with E-state index in [1.54, 1.807) is 11.3 Å². The Morgan fingerprint density at radius 1 is 1.25 bits per heavy atom. The number of nitrogen functional groups attached to an aromatic ring is 1. The van der Waals surface area contributed by atoms with Gasteiger partial charge in [-0.05, 0) is 18.6 Å². The van der Waals surface area contributed by atoms with Gasteiger partial charge in [-0.15, -0.1) is 11.3 Å². The van der Waals surface area contributed by atoms with E-state index in [9.17, 15) is 0 Å². The van der Waals surface area contributed by atoms with Crippen molar-refractivity contribution >= 4 is 34.0 Å². The highest BCUT2D eigenvalue weighted by atomic mass is 32.1. The van der Waals surface area contributed by atoms with E-state index in [0.29, 0.717) is 6.54 Å². The van der Waals surface area contributed by atoms with Gasteiger partial charge < -0.3 is 11.1 Å². The average Bonchev–Trinajstić information content (AvgIpc) is 2.92. The number of hydrogen-bond donors (Lipinski definition) is 2. The number of hydrogen-bond acceptors (Lipinski definition) is 6. The molecule has 0 aliphatic carbocycles. The molecule has 1 aromatic carbocycles. The molecule has 0 fully saturated rings. The number of nitrogens with one attached hydrogen (secondary N) is 1. The summed E-state index contributed by atoms with van der Waals surface area (Å²) >= 11 is 1.71. The second-order valence-electron chi connectivity index (χ2n) is 4.37. The van der Waals surface area contributed by atoms with Crippen molar-refractivity contribution in [1.82, 2.24) is 15.0 Å². The van der Waals surface area contributed by atoms with Crippen molar-refractivity contribution in [2.45, 2.75) is 19.9 Å². The van der Waals surface area contributed by atoms with Crippen LogP contribution in [0.1, 0.15) is 16.8 Å². The highest BCUT2D eigenvalue weighted by molar-refractivity contribution is 7.11. The largest absolute Gasteiger partial charge is 0.368 e. The molecular formula is C14H15N5S. The first-order valence-electron chi connectivity index (χ1n) is 6.46. The van der Waals surface area contributed by atoms with Crippen LogP contribution >= 0.6 is 11.3 Å². The zero-order valence-corrected chi connectivity index (χ0v) is 11.9. The second kappa shape index (κ2) is 5.42. The molecule has 2 aromatic heterocycles. The molecule has 0 saturated heterocycles. The molecule has 2 heterocycles. The lowest BCUT2D eigenvalue weighted by atomic mass is 10.2. The lowest BCUT2D eigenvalue weighted by Crippen LogP contribution is -2.05.